The molecule has 0 spiro atoms. The van der Waals surface area contributed by atoms with Crippen molar-refractivity contribution in [3.8, 4) is 5.75 Å². The molecular weight excluding hydrogens is 351 g/mol. The summed E-state index contributed by atoms with van der Waals surface area (Å²) in [7, 11) is 1.59. The van der Waals surface area contributed by atoms with Crippen LogP contribution in [0.4, 0.5) is 0 Å². The van der Waals surface area contributed by atoms with Gasteiger partial charge in [-0.15, -0.1) is 0 Å². The Morgan fingerprint density at radius 3 is 2.54 bits per heavy atom. The lowest BCUT2D eigenvalue weighted by molar-refractivity contribution is -0.199. The van der Waals surface area contributed by atoms with Crippen LogP contribution in [0, 0.1) is 23.2 Å². The molecule has 1 heterocycles. The van der Waals surface area contributed by atoms with E-state index in [1.54, 1.807) is 7.11 Å². The predicted molar refractivity (Wildman–Crippen MR) is 109 cm³/mol. The van der Waals surface area contributed by atoms with E-state index in [0.717, 1.165) is 18.1 Å². The van der Waals surface area contributed by atoms with Gasteiger partial charge in [-0.25, -0.2) is 0 Å². The van der Waals surface area contributed by atoms with Crippen LogP contribution < -0.4 is 4.74 Å². The van der Waals surface area contributed by atoms with E-state index in [-0.39, 0.29) is 18.8 Å². The van der Waals surface area contributed by atoms with Crippen molar-refractivity contribution in [2.24, 2.45) is 23.2 Å². The van der Waals surface area contributed by atoms with Crippen LogP contribution in [0.15, 0.2) is 24.3 Å². The minimum Gasteiger partial charge on any atom is -0.497 e. The number of rotatable bonds is 7. The van der Waals surface area contributed by atoms with Crippen LogP contribution in [0.5, 0.6) is 5.75 Å². The average Bonchev–Trinajstić information content (AvgIpc) is 3.45. The van der Waals surface area contributed by atoms with Crippen LogP contribution in [0.2, 0.25) is 5.82 Å². The number of hydrogen-bond acceptors (Lipinski definition) is 4. The zero-order valence-electron chi connectivity index (χ0n) is 17.6. The minimum atomic E-state index is -0.119. The van der Waals surface area contributed by atoms with Gasteiger partial charge < -0.3 is 18.8 Å². The van der Waals surface area contributed by atoms with Gasteiger partial charge in [0.25, 0.3) is 0 Å². The fourth-order valence-electron chi connectivity index (χ4n) is 6.08. The summed E-state index contributed by atoms with van der Waals surface area (Å²) in [5.74, 6) is 3.33. The molecular formula is C23H33BO4. The van der Waals surface area contributed by atoms with Crippen molar-refractivity contribution in [3.05, 3.63) is 29.8 Å². The average molecular weight is 384 g/mol. The van der Waals surface area contributed by atoms with Gasteiger partial charge in [0, 0.05) is 12.4 Å². The minimum absolute atomic E-state index is 0.103. The molecule has 152 valence electrons. The molecule has 0 radical (unpaired) electrons. The van der Waals surface area contributed by atoms with Crippen LogP contribution in [0.1, 0.15) is 52.0 Å². The van der Waals surface area contributed by atoms with E-state index in [1.165, 1.54) is 24.8 Å². The van der Waals surface area contributed by atoms with Crippen molar-refractivity contribution < 1.29 is 18.8 Å². The first-order valence-corrected chi connectivity index (χ1v) is 11.0. The van der Waals surface area contributed by atoms with Gasteiger partial charge >= 0.3 is 7.12 Å². The molecule has 0 N–H and O–H groups in total. The topological polar surface area (TPSA) is 36.9 Å². The molecule has 4 aliphatic carbocycles. The highest BCUT2D eigenvalue weighted by atomic mass is 16.7. The number of ether oxygens (including phenoxy) is 2. The zero-order valence-corrected chi connectivity index (χ0v) is 17.6. The largest absolute Gasteiger partial charge is 0.497 e. The number of hydrogen-bond donors (Lipinski definition) is 0. The third kappa shape index (κ3) is 3.01. The van der Waals surface area contributed by atoms with Gasteiger partial charge in [0.2, 0.25) is 0 Å². The Bertz CT molecular complexity index is 716. The lowest BCUT2D eigenvalue weighted by Crippen LogP contribution is -2.65. The molecule has 0 unspecified atom stereocenters. The lowest BCUT2D eigenvalue weighted by atomic mass is 9.43. The van der Waals surface area contributed by atoms with Crippen molar-refractivity contribution >= 4 is 7.12 Å². The summed E-state index contributed by atoms with van der Waals surface area (Å²) < 4.78 is 24.6. The summed E-state index contributed by atoms with van der Waals surface area (Å²) in [6.07, 6.45) is 5.27. The second kappa shape index (κ2) is 6.75. The second-order valence-electron chi connectivity index (χ2n) is 10.2. The third-order valence-electron chi connectivity index (χ3n) is 8.28. The lowest BCUT2D eigenvalue weighted by Gasteiger charge is -2.64. The molecule has 4 saturated carbocycles. The fraction of sp³-hybridized carbons (Fsp3) is 0.739. The molecule has 4 nitrogen and oxygen atoms in total. The molecule has 5 atom stereocenters. The fourth-order valence-corrected chi connectivity index (χ4v) is 6.08. The monoisotopic (exact) mass is 384 g/mol. The van der Waals surface area contributed by atoms with Crippen molar-refractivity contribution in [2.45, 2.75) is 70.6 Å². The molecule has 0 aromatic heterocycles. The third-order valence-corrected chi connectivity index (χ3v) is 8.28. The standard InChI is InChI=1S/C23H33BO4/c1-22(2)17-11-20(22)23(3)21(12-17)27-24(28-23)19(16-7-8-16)14-26-13-15-5-9-18(25-4)10-6-15/h5-6,9-10,16-17,19-21H,7-8,11-14H2,1-4H3/t17-,19+,20-,21+,23-/m0/s1. The molecule has 1 aliphatic heterocycles. The van der Waals surface area contributed by atoms with Gasteiger partial charge in [0.1, 0.15) is 5.75 Å². The Morgan fingerprint density at radius 2 is 1.89 bits per heavy atom. The van der Waals surface area contributed by atoms with Gasteiger partial charge in [-0.1, -0.05) is 38.8 Å². The smallest absolute Gasteiger partial charge is 0.463 e. The van der Waals surface area contributed by atoms with Crippen LogP contribution in [-0.4, -0.2) is 32.5 Å². The first-order chi connectivity index (χ1) is 13.4. The summed E-state index contributed by atoms with van der Waals surface area (Å²) in [6, 6.07) is 8.11. The molecule has 5 fully saturated rings. The Kier molecular flexibility index (Phi) is 4.57. The molecule has 28 heavy (non-hydrogen) atoms. The summed E-state index contributed by atoms with van der Waals surface area (Å²) >= 11 is 0. The van der Waals surface area contributed by atoms with Crippen molar-refractivity contribution in [1.29, 1.82) is 0 Å². The van der Waals surface area contributed by atoms with Gasteiger partial charge in [-0.3, -0.25) is 0 Å². The van der Waals surface area contributed by atoms with Gasteiger partial charge in [0.15, 0.2) is 0 Å². The maximum atomic E-state index is 6.72. The van der Waals surface area contributed by atoms with E-state index in [4.69, 9.17) is 18.8 Å². The Hall–Kier alpha value is -1.04. The summed E-state index contributed by atoms with van der Waals surface area (Å²) in [6.45, 7) is 8.47. The first-order valence-electron chi connectivity index (χ1n) is 11.0. The van der Waals surface area contributed by atoms with Crippen molar-refractivity contribution in [3.63, 3.8) is 0 Å². The molecule has 5 heteroatoms. The normalized spacial score (nSPS) is 36.6. The van der Waals surface area contributed by atoms with Crippen LogP contribution >= 0.6 is 0 Å². The first kappa shape index (κ1) is 19.0. The summed E-state index contributed by atoms with van der Waals surface area (Å²) in [5, 5.41) is 0. The highest BCUT2D eigenvalue weighted by Crippen LogP contribution is 2.66. The Labute approximate surface area is 169 Å². The maximum absolute atomic E-state index is 6.72. The van der Waals surface area contributed by atoms with Gasteiger partial charge in [0.05, 0.1) is 25.4 Å². The highest BCUT2D eigenvalue weighted by molar-refractivity contribution is 6.47. The maximum Gasteiger partial charge on any atom is 0.463 e. The number of methoxy groups -OCH3 is 1. The van der Waals surface area contributed by atoms with E-state index >= 15 is 0 Å². The highest BCUT2D eigenvalue weighted by Gasteiger charge is 2.68. The molecule has 2 bridgehead atoms. The molecule has 0 amide bonds. The van der Waals surface area contributed by atoms with Crippen LogP contribution in [0.3, 0.4) is 0 Å². The SMILES string of the molecule is COc1ccc(COC[C@@H](B2O[C@@H]3C[C@@H]4C[C@@H](C4(C)C)[C@]3(C)O2)C2CC2)cc1. The quantitative estimate of drug-likeness (QED) is 0.638. The molecule has 1 saturated heterocycles. The van der Waals surface area contributed by atoms with Crippen molar-refractivity contribution in [2.75, 3.05) is 13.7 Å². The van der Waals surface area contributed by atoms with E-state index in [9.17, 15) is 0 Å². The Morgan fingerprint density at radius 1 is 1.14 bits per heavy atom. The van der Waals surface area contributed by atoms with E-state index in [2.05, 4.69) is 32.9 Å². The van der Waals surface area contributed by atoms with Crippen LogP contribution in [0.25, 0.3) is 0 Å². The molecule has 6 rings (SSSR count). The van der Waals surface area contributed by atoms with E-state index < -0.39 is 0 Å². The van der Waals surface area contributed by atoms with Gasteiger partial charge in [-0.2, -0.15) is 0 Å². The summed E-state index contributed by atoms with van der Waals surface area (Å²) in [5.41, 5.74) is 1.45. The zero-order chi connectivity index (χ0) is 19.5. The van der Waals surface area contributed by atoms with E-state index in [0.29, 0.717) is 36.3 Å². The van der Waals surface area contributed by atoms with Crippen LogP contribution in [-0.2, 0) is 20.7 Å². The number of benzene rings is 1. The molecule has 1 aromatic carbocycles. The van der Waals surface area contributed by atoms with Crippen molar-refractivity contribution in [1.82, 2.24) is 0 Å². The van der Waals surface area contributed by atoms with E-state index in [1.807, 2.05) is 12.1 Å². The summed E-state index contributed by atoms with van der Waals surface area (Å²) in [4.78, 5) is 0. The van der Waals surface area contributed by atoms with Gasteiger partial charge in [-0.05, 0) is 60.6 Å². The molecule has 1 aromatic rings. The molecule has 5 aliphatic rings. The predicted octanol–water partition coefficient (Wildman–Crippen LogP) is 4.72. The Balaban J connectivity index is 1.22. The second-order valence-corrected chi connectivity index (χ2v) is 10.2.